The Morgan fingerprint density at radius 2 is 1.96 bits per heavy atom. The maximum absolute atomic E-state index is 4.56. The van der Waals surface area contributed by atoms with Crippen LogP contribution in [0.2, 0.25) is 0 Å². The van der Waals surface area contributed by atoms with Crippen molar-refractivity contribution in [3.63, 3.8) is 0 Å². The summed E-state index contributed by atoms with van der Waals surface area (Å²) >= 11 is 1.72. The number of guanidine groups is 1. The first-order valence-corrected chi connectivity index (χ1v) is 9.49. The summed E-state index contributed by atoms with van der Waals surface area (Å²) in [5.41, 5.74) is 1.08. The van der Waals surface area contributed by atoms with Crippen LogP contribution in [0.1, 0.15) is 51.7 Å². The first-order valence-electron chi connectivity index (χ1n) is 8.61. The van der Waals surface area contributed by atoms with E-state index < -0.39 is 0 Å². The van der Waals surface area contributed by atoms with Crippen LogP contribution in [0.5, 0.6) is 0 Å². The maximum atomic E-state index is 4.56. The molecule has 0 aromatic carbocycles. The second-order valence-corrected chi connectivity index (χ2v) is 7.16. The van der Waals surface area contributed by atoms with Crippen LogP contribution >= 0.6 is 11.3 Å². The third-order valence-electron chi connectivity index (χ3n) is 3.77. The minimum absolute atomic E-state index is 0.588. The fourth-order valence-electron chi connectivity index (χ4n) is 2.57. The normalized spacial score (nSPS) is 12.5. The van der Waals surface area contributed by atoms with Gasteiger partial charge in [-0.2, -0.15) is 0 Å². The minimum Gasteiger partial charge on any atom is -0.356 e. The van der Waals surface area contributed by atoms with Gasteiger partial charge in [0.15, 0.2) is 5.96 Å². The van der Waals surface area contributed by atoms with Crippen LogP contribution in [0.25, 0.3) is 0 Å². The molecule has 132 valence electrons. The molecule has 0 atom stereocenters. The van der Waals surface area contributed by atoms with E-state index in [0.29, 0.717) is 12.1 Å². The standard InChI is InChI=1S/C17H33N5S/c1-7-16-21-15(12-23-16)11-20-17(18-6)19-9-8-10-22(13(2)3)14(4)5/h12-14H,7-11H2,1-6H3,(H2,18,19,20). The number of nitrogens with one attached hydrogen (secondary N) is 2. The number of hydrogen-bond acceptors (Lipinski definition) is 4. The summed E-state index contributed by atoms with van der Waals surface area (Å²) in [5, 5.41) is 10.0. The second kappa shape index (κ2) is 10.6. The maximum Gasteiger partial charge on any atom is 0.191 e. The summed E-state index contributed by atoms with van der Waals surface area (Å²) in [6, 6.07) is 1.18. The molecule has 1 rings (SSSR count). The van der Waals surface area contributed by atoms with Gasteiger partial charge in [0.25, 0.3) is 0 Å². The third-order valence-corrected chi connectivity index (χ3v) is 4.82. The van der Waals surface area contributed by atoms with Crippen molar-refractivity contribution in [2.75, 3.05) is 20.1 Å². The number of hydrogen-bond donors (Lipinski definition) is 2. The number of aliphatic imine (C=N–C) groups is 1. The van der Waals surface area contributed by atoms with Gasteiger partial charge in [-0.3, -0.25) is 9.89 Å². The van der Waals surface area contributed by atoms with Gasteiger partial charge >= 0.3 is 0 Å². The van der Waals surface area contributed by atoms with Crippen LogP contribution in [0, 0.1) is 0 Å². The largest absolute Gasteiger partial charge is 0.356 e. The summed E-state index contributed by atoms with van der Waals surface area (Å²) in [7, 11) is 1.81. The molecule has 1 aromatic rings. The summed E-state index contributed by atoms with van der Waals surface area (Å²) < 4.78 is 0. The van der Waals surface area contributed by atoms with E-state index in [1.807, 2.05) is 7.05 Å². The molecule has 0 saturated heterocycles. The highest BCUT2D eigenvalue weighted by Crippen LogP contribution is 2.09. The van der Waals surface area contributed by atoms with Gasteiger partial charge in [0.05, 0.1) is 17.2 Å². The Bertz CT molecular complexity index is 459. The molecule has 5 nitrogen and oxygen atoms in total. The molecule has 0 aliphatic carbocycles. The van der Waals surface area contributed by atoms with Gasteiger partial charge < -0.3 is 10.6 Å². The van der Waals surface area contributed by atoms with Crippen LogP contribution in [0.15, 0.2) is 10.4 Å². The molecular weight excluding hydrogens is 306 g/mol. The van der Waals surface area contributed by atoms with Crippen LogP contribution in [0.3, 0.4) is 0 Å². The number of aromatic nitrogens is 1. The quantitative estimate of drug-likeness (QED) is 0.413. The van der Waals surface area contributed by atoms with Crippen molar-refractivity contribution in [3.8, 4) is 0 Å². The van der Waals surface area contributed by atoms with Crippen molar-refractivity contribution < 1.29 is 0 Å². The molecule has 0 aliphatic heterocycles. The summed E-state index contributed by atoms with van der Waals surface area (Å²) in [6.45, 7) is 13.9. The molecule has 0 aliphatic rings. The molecule has 1 aromatic heterocycles. The number of thiazole rings is 1. The number of rotatable bonds is 9. The van der Waals surface area contributed by atoms with E-state index in [2.05, 4.69) is 65.5 Å². The van der Waals surface area contributed by atoms with E-state index in [4.69, 9.17) is 0 Å². The van der Waals surface area contributed by atoms with E-state index >= 15 is 0 Å². The van der Waals surface area contributed by atoms with Crippen molar-refractivity contribution in [2.45, 2.75) is 66.1 Å². The molecule has 0 spiro atoms. The fourth-order valence-corrected chi connectivity index (χ4v) is 3.31. The average Bonchev–Trinajstić information content (AvgIpc) is 2.97. The lowest BCUT2D eigenvalue weighted by molar-refractivity contribution is 0.173. The summed E-state index contributed by atoms with van der Waals surface area (Å²) in [6.07, 6.45) is 2.10. The topological polar surface area (TPSA) is 52.6 Å². The van der Waals surface area contributed by atoms with Gasteiger partial charge in [0.2, 0.25) is 0 Å². The highest BCUT2D eigenvalue weighted by molar-refractivity contribution is 7.09. The lowest BCUT2D eigenvalue weighted by Crippen LogP contribution is -2.41. The van der Waals surface area contributed by atoms with Crippen LogP contribution < -0.4 is 10.6 Å². The lowest BCUT2D eigenvalue weighted by Gasteiger charge is -2.30. The van der Waals surface area contributed by atoms with E-state index in [-0.39, 0.29) is 0 Å². The zero-order valence-electron chi connectivity index (χ0n) is 15.5. The molecule has 0 bridgehead atoms. The van der Waals surface area contributed by atoms with Crippen molar-refractivity contribution in [1.29, 1.82) is 0 Å². The zero-order chi connectivity index (χ0) is 17.2. The Balaban J connectivity index is 2.28. The highest BCUT2D eigenvalue weighted by Gasteiger charge is 2.12. The van der Waals surface area contributed by atoms with Gasteiger partial charge in [0.1, 0.15) is 0 Å². The van der Waals surface area contributed by atoms with Crippen molar-refractivity contribution >= 4 is 17.3 Å². The van der Waals surface area contributed by atoms with Gasteiger partial charge in [0, 0.05) is 37.6 Å². The monoisotopic (exact) mass is 339 g/mol. The van der Waals surface area contributed by atoms with Crippen LogP contribution in [-0.4, -0.2) is 48.1 Å². The molecule has 0 amide bonds. The van der Waals surface area contributed by atoms with Crippen LogP contribution in [0.4, 0.5) is 0 Å². The van der Waals surface area contributed by atoms with Gasteiger partial charge in [-0.1, -0.05) is 6.92 Å². The predicted molar refractivity (Wildman–Crippen MR) is 101 cm³/mol. The number of nitrogens with zero attached hydrogens (tertiary/aromatic N) is 3. The molecular formula is C17H33N5S. The Kier molecular flexibility index (Phi) is 9.17. The lowest BCUT2D eigenvalue weighted by atomic mass is 10.2. The molecule has 1 heterocycles. The molecule has 6 heteroatoms. The SMILES string of the molecule is CCc1nc(CNC(=NC)NCCCN(C(C)C)C(C)C)cs1. The highest BCUT2D eigenvalue weighted by atomic mass is 32.1. The molecule has 0 saturated carbocycles. The minimum atomic E-state index is 0.588. The van der Waals surface area contributed by atoms with E-state index in [0.717, 1.165) is 44.1 Å². The molecule has 2 N–H and O–H groups in total. The number of aryl methyl sites for hydroxylation is 1. The van der Waals surface area contributed by atoms with Crippen molar-refractivity contribution in [3.05, 3.63) is 16.1 Å². The summed E-state index contributed by atoms with van der Waals surface area (Å²) in [4.78, 5) is 11.3. The molecule has 0 radical (unpaired) electrons. The zero-order valence-corrected chi connectivity index (χ0v) is 16.3. The van der Waals surface area contributed by atoms with Crippen molar-refractivity contribution in [2.24, 2.45) is 4.99 Å². The Labute approximate surface area is 145 Å². The summed E-state index contributed by atoms with van der Waals surface area (Å²) in [5.74, 6) is 0.844. The Hall–Kier alpha value is -1.14. The third kappa shape index (κ3) is 7.31. The van der Waals surface area contributed by atoms with E-state index in [1.54, 1.807) is 11.3 Å². The second-order valence-electron chi connectivity index (χ2n) is 6.22. The molecule has 0 unspecified atom stereocenters. The van der Waals surface area contributed by atoms with Gasteiger partial charge in [-0.25, -0.2) is 4.98 Å². The Morgan fingerprint density at radius 1 is 1.26 bits per heavy atom. The first kappa shape index (κ1) is 19.9. The molecule has 23 heavy (non-hydrogen) atoms. The van der Waals surface area contributed by atoms with E-state index in [9.17, 15) is 0 Å². The average molecular weight is 340 g/mol. The predicted octanol–water partition coefficient (Wildman–Crippen LogP) is 2.88. The first-order chi connectivity index (χ1) is 11.0. The Morgan fingerprint density at radius 3 is 2.48 bits per heavy atom. The molecule has 0 fully saturated rings. The van der Waals surface area contributed by atoms with Crippen molar-refractivity contribution in [1.82, 2.24) is 20.5 Å². The fraction of sp³-hybridized carbons (Fsp3) is 0.765. The smallest absolute Gasteiger partial charge is 0.191 e. The van der Waals surface area contributed by atoms with Gasteiger partial charge in [-0.15, -0.1) is 11.3 Å². The van der Waals surface area contributed by atoms with Crippen LogP contribution in [-0.2, 0) is 13.0 Å². The van der Waals surface area contributed by atoms with E-state index in [1.165, 1.54) is 5.01 Å². The van der Waals surface area contributed by atoms with Gasteiger partial charge in [-0.05, 0) is 40.5 Å².